The molecule has 1 aliphatic carbocycles. The number of aryl methyl sites for hydroxylation is 2. The summed E-state index contributed by atoms with van der Waals surface area (Å²) in [5.74, 6) is 0.701. The summed E-state index contributed by atoms with van der Waals surface area (Å²) in [7, 11) is 1.99. The van der Waals surface area contributed by atoms with Gasteiger partial charge in [0, 0.05) is 29.7 Å². The maximum Gasteiger partial charge on any atom is 0.0755 e. The largest absolute Gasteiger partial charge is 0.388 e. The molecule has 0 spiro atoms. The molecule has 2 heteroatoms. The van der Waals surface area contributed by atoms with Crippen LogP contribution in [0.2, 0.25) is 0 Å². The van der Waals surface area contributed by atoms with Crippen LogP contribution in [0.3, 0.4) is 0 Å². The van der Waals surface area contributed by atoms with Gasteiger partial charge in [-0.1, -0.05) is 11.6 Å². The fourth-order valence-corrected chi connectivity index (χ4v) is 2.50. The lowest BCUT2D eigenvalue weighted by atomic mass is 10.0. The van der Waals surface area contributed by atoms with Gasteiger partial charge < -0.3 is 5.32 Å². The molecule has 0 atom stereocenters. The number of nitrogens with one attached hydrogen (secondary N) is 1. The molecule has 0 amide bonds. The van der Waals surface area contributed by atoms with Crippen molar-refractivity contribution in [2.45, 2.75) is 32.6 Å². The van der Waals surface area contributed by atoms with E-state index in [4.69, 9.17) is 4.98 Å². The monoisotopic (exact) mass is 226 g/mol. The molecule has 1 heterocycles. The van der Waals surface area contributed by atoms with E-state index < -0.39 is 0 Å². The molecule has 1 N–H and O–H groups in total. The first-order valence-electron chi connectivity index (χ1n) is 6.28. The van der Waals surface area contributed by atoms with Crippen molar-refractivity contribution in [3.63, 3.8) is 0 Å². The standard InChI is InChI=1S/C15H18N2/c1-9-6-10(2)15-12(7-9)14(16-3)8-13(17-15)11-4-5-11/h6-8,11H,4-5H2,1-3H3,(H,16,17). The maximum atomic E-state index is 4.85. The third kappa shape index (κ3) is 1.78. The molecule has 0 radical (unpaired) electrons. The van der Waals surface area contributed by atoms with E-state index in [1.165, 1.54) is 40.7 Å². The lowest BCUT2D eigenvalue weighted by molar-refractivity contribution is 1.04. The van der Waals surface area contributed by atoms with Gasteiger partial charge in [-0.3, -0.25) is 4.98 Å². The van der Waals surface area contributed by atoms with Gasteiger partial charge in [-0.15, -0.1) is 0 Å². The van der Waals surface area contributed by atoms with Gasteiger partial charge in [0.1, 0.15) is 0 Å². The van der Waals surface area contributed by atoms with Crippen LogP contribution < -0.4 is 5.32 Å². The molecule has 1 aliphatic rings. The van der Waals surface area contributed by atoms with Gasteiger partial charge in [0.25, 0.3) is 0 Å². The Bertz CT molecular complexity index is 583. The van der Waals surface area contributed by atoms with Crippen LogP contribution in [0.1, 0.15) is 35.6 Å². The summed E-state index contributed by atoms with van der Waals surface area (Å²) in [5.41, 5.74) is 6.20. The number of hydrogen-bond acceptors (Lipinski definition) is 2. The molecular weight excluding hydrogens is 208 g/mol. The van der Waals surface area contributed by atoms with Gasteiger partial charge in [-0.2, -0.15) is 0 Å². The van der Waals surface area contributed by atoms with E-state index >= 15 is 0 Å². The molecule has 0 aliphatic heterocycles. The molecule has 0 bridgehead atoms. The van der Waals surface area contributed by atoms with Crippen LogP contribution in [-0.4, -0.2) is 12.0 Å². The molecule has 1 aromatic carbocycles. The number of anilines is 1. The van der Waals surface area contributed by atoms with Crippen LogP contribution in [0.25, 0.3) is 10.9 Å². The van der Waals surface area contributed by atoms with Crippen LogP contribution >= 0.6 is 0 Å². The molecule has 1 fully saturated rings. The first kappa shape index (κ1) is 10.6. The second kappa shape index (κ2) is 3.73. The van der Waals surface area contributed by atoms with Gasteiger partial charge in [0.2, 0.25) is 0 Å². The topological polar surface area (TPSA) is 24.9 Å². The van der Waals surface area contributed by atoms with Crippen LogP contribution in [0, 0.1) is 13.8 Å². The molecule has 1 saturated carbocycles. The lowest BCUT2D eigenvalue weighted by Gasteiger charge is -2.11. The Kier molecular flexibility index (Phi) is 2.32. The summed E-state index contributed by atoms with van der Waals surface area (Å²) < 4.78 is 0. The van der Waals surface area contributed by atoms with Gasteiger partial charge >= 0.3 is 0 Å². The Morgan fingerprint density at radius 2 is 1.94 bits per heavy atom. The van der Waals surface area contributed by atoms with E-state index in [2.05, 4.69) is 37.4 Å². The van der Waals surface area contributed by atoms with E-state index in [9.17, 15) is 0 Å². The summed E-state index contributed by atoms with van der Waals surface area (Å²) >= 11 is 0. The Balaban J connectivity index is 2.31. The minimum absolute atomic E-state index is 0.701. The molecule has 0 unspecified atom stereocenters. The summed E-state index contributed by atoms with van der Waals surface area (Å²) in [6, 6.07) is 6.65. The Labute approximate surface area is 102 Å². The van der Waals surface area contributed by atoms with Gasteiger partial charge in [-0.05, 0) is 44.4 Å². The maximum absolute atomic E-state index is 4.85. The quantitative estimate of drug-likeness (QED) is 0.843. The zero-order chi connectivity index (χ0) is 12.0. The van der Waals surface area contributed by atoms with Crippen LogP contribution in [0.5, 0.6) is 0 Å². The van der Waals surface area contributed by atoms with Crippen molar-refractivity contribution < 1.29 is 0 Å². The number of rotatable bonds is 2. The van der Waals surface area contributed by atoms with Crippen molar-refractivity contribution in [3.05, 3.63) is 35.0 Å². The lowest BCUT2D eigenvalue weighted by Crippen LogP contribution is -1.97. The summed E-state index contributed by atoms with van der Waals surface area (Å²) in [5, 5.41) is 4.55. The van der Waals surface area contributed by atoms with Crippen molar-refractivity contribution in [2.24, 2.45) is 0 Å². The van der Waals surface area contributed by atoms with Crippen molar-refractivity contribution in [1.82, 2.24) is 4.98 Å². The summed E-state index contributed by atoms with van der Waals surface area (Å²) in [6.45, 7) is 4.29. The van der Waals surface area contributed by atoms with Crippen LogP contribution in [-0.2, 0) is 0 Å². The highest BCUT2D eigenvalue weighted by Gasteiger charge is 2.26. The smallest absolute Gasteiger partial charge is 0.0755 e. The third-order valence-electron chi connectivity index (χ3n) is 3.53. The second-order valence-electron chi connectivity index (χ2n) is 5.10. The predicted octanol–water partition coefficient (Wildman–Crippen LogP) is 3.77. The van der Waals surface area contributed by atoms with E-state index in [1.54, 1.807) is 0 Å². The average Bonchev–Trinajstić information content (AvgIpc) is 3.11. The van der Waals surface area contributed by atoms with Crippen molar-refractivity contribution >= 4 is 16.6 Å². The average molecular weight is 226 g/mol. The van der Waals surface area contributed by atoms with Gasteiger partial charge in [-0.25, -0.2) is 0 Å². The number of aromatic nitrogens is 1. The Hall–Kier alpha value is -1.57. The molecular formula is C15H18N2. The normalized spacial score (nSPS) is 15.2. The minimum Gasteiger partial charge on any atom is -0.388 e. The van der Waals surface area contributed by atoms with Crippen molar-refractivity contribution in [3.8, 4) is 0 Å². The zero-order valence-corrected chi connectivity index (χ0v) is 10.7. The molecule has 0 saturated heterocycles. The number of pyridine rings is 1. The molecule has 17 heavy (non-hydrogen) atoms. The molecule has 2 nitrogen and oxygen atoms in total. The minimum atomic E-state index is 0.701. The second-order valence-corrected chi connectivity index (χ2v) is 5.10. The first-order valence-corrected chi connectivity index (χ1v) is 6.28. The highest BCUT2D eigenvalue weighted by molar-refractivity contribution is 5.94. The molecule has 88 valence electrons. The molecule has 1 aromatic heterocycles. The number of fused-ring (bicyclic) bond motifs is 1. The number of hydrogen-bond donors (Lipinski definition) is 1. The summed E-state index contributed by atoms with van der Waals surface area (Å²) in [6.07, 6.45) is 2.60. The third-order valence-corrected chi connectivity index (χ3v) is 3.53. The van der Waals surface area contributed by atoms with Crippen LogP contribution in [0.4, 0.5) is 5.69 Å². The first-order chi connectivity index (χ1) is 8.19. The predicted molar refractivity (Wildman–Crippen MR) is 72.7 cm³/mol. The van der Waals surface area contributed by atoms with E-state index in [-0.39, 0.29) is 0 Å². The Morgan fingerprint density at radius 3 is 2.59 bits per heavy atom. The van der Waals surface area contributed by atoms with E-state index in [0.717, 1.165) is 5.52 Å². The van der Waals surface area contributed by atoms with Crippen LogP contribution in [0.15, 0.2) is 18.2 Å². The number of nitrogens with zero attached hydrogens (tertiary/aromatic N) is 1. The highest BCUT2D eigenvalue weighted by Crippen LogP contribution is 2.41. The SMILES string of the molecule is CNc1cc(C2CC2)nc2c(C)cc(C)cc12. The van der Waals surface area contributed by atoms with E-state index in [0.29, 0.717) is 5.92 Å². The Morgan fingerprint density at radius 1 is 1.18 bits per heavy atom. The van der Waals surface area contributed by atoms with Gasteiger partial charge in [0.15, 0.2) is 0 Å². The fourth-order valence-electron chi connectivity index (χ4n) is 2.50. The van der Waals surface area contributed by atoms with Crippen molar-refractivity contribution in [1.29, 1.82) is 0 Å². The van der Waals surface area contributed by atoms with E-state index in [1.807, 2.05) is 7.05 Å². The zero-order valence-electron chi connectivity index (χ0n) is 10.7. The molecule has 2 aromatic rings. The number of benzene rings is 1. The van der Waals surface area contributed by atoms with Crippen molar-refractivity contribution in [2.75, 3.05) is 12.4 Å². The molecule has 3 rings (SSSR count). The highest BCUT2D eigenvalue weighted by atomic mass is 14.8. The van der Waals surface area contributed by atoms with Gasteiger partial charge in [0.05, 0.1) is 5.52 Å². The summed E-state index contributed by atoms with van der Waals surface area (Å²) in [4.78, 5) is 4.85. The fraction of sp³-hybridized carbons (Fsp3) is 0.400.